The Balaban J connectivity index is 2.72. The van der Waals surface area contributed by atoms with Crippen LogP contribution in [0.3, 0.4) is 0 Å². The molecule has 2 amide bonds. The lowest BCUT2D eigenvalue weighted by atomic mass is 10.3. The molecule has 0 heterocycles. The molecule has 0 saturated heterocycles. The smallest absolute Gasteiger partial charge is 0.318 e. The van der Waals surface area contributed by atoms with E-state index in [0.717, 1.165) is 0 Å². The maximum absolute atomic E-state index is 11.2. The summed E-state index contributed by atoms with van der Waals surface area (Å²) in [6, 6.07) is 5.84. The van der Waals surface area contributed by atoms with Gasteiger partial charge in [0.1, 0.15) is 5.21 Å². The van der Waals surface area contributed by atoms with E-state index in [1.807, 2.05) is 0 Å². The molecule has 0 unspecified atom stereocenters. The van der Waals surface area contributed by atoms with Gasteiger partial charge in [0.2, 0.25) is 10.0 Å². The fourth-order valence-electron chi connectivity index (χ4n) is 1.02. The van der Waals surface area contributed by atoms with Gasteiger partial charge in [-0.3, -0.25) is 4.72 Å². The molecule has 0 fully saturated rings. The van der Waals surface area contributed by atoms with Gasteiger partial charge in [-0.25, -0.2) is 13.2 Å². The van der Waals surface area contributed by atoms with Crippen molar-refractivity contribution in [2.24, 2.45) is 0 Å². The zero-order valence-corrected chi connectivity index (χ0v) is 10.6. The molecule has 0 aromatic heterocycles. The van der Waals surface area contributed by atoms with E-state index >= 15 is 0 Å². The number of rotatable bonds is 4. The third-order valence-electron chi connectivity index (χ3n) is 1.79. The van der Waals surface area contributed by atoms with Gasteiger partial charge in [-0.05, 0) is 24.3 Å². The van der Waals surface area contributed by atoms with E-state index in [9.17, 15) is 13.2 Å². The lowest BCUT2D eigenvalue weighted by Gasteiger charge is -2.07. The summed E-state index contributed by atoms with van der Waals surface area (Å²) >= 11 is 5.25. The van der Waals surface area contributed by atoms with E-state index in [-0.39, 0.29) is 6.03 Å². The molecule has 0 aliphatic carbocycles. The quantitative estimate of drug-likeness (QED) is 0.727. The van der Waals surface area contributed by atoms with Gasteiger partial charge in [-0.15, -0.1) is 11.6 Å². The van der Waals surface area contributed by atoms with Crippen molar-refractivity contribution < 1.29 is 13.2 Å². The minimum absolute atomic E-state index is 0.348. The van der Waals surface area contributed by atoms with Crippen molar-refractivity contribution in [2.45, 2.75) is 0 Å². The van der Waals surface area contributed by atoms with Crippen molar-refractivity contribution in [1.82, 2.24) is 5.32 Å². The number of alkyl halides is 1. The number of sulfonamides is 1. The summed E-state index contributed by atoms with van der Waals surface area (Å²) in [6.07, 6.45) is 0. The lowest BCUT2D eigenvalue weighted by molar-refractivity contribution is 0.254. The number of urea groups is 1. The average molecular weight is 278 g/mol. The topological polar surface area (TPSA) is 87.3 Å². The predicted octanol–water partition coefficient (Wildman–Crippen LogP) is 1.38. The highest BCUT2D eigenvalue weighted by atomic mass is 35.5. The molecule has 3 N–H and O–H groups in total. The Bertz CT molecular complexity index is 487. The zero-order chi connectivity index (χ0) is 12.9. The summed E-state index contributed by atoms with van der Waals surface area (Å²) in [5.74, 6) is 0. The molecule has 0 atom stereocenters. The third kappa shape index (κ3) is 4.49. The molecule has 0 spiro atoms. The normalized spacial score (nSPS) is 10.7. The van der Waals surface area contributed by atoms with E-state index in [1.54, 1.807) is 12.1 Å². The van der Waals surface area contributed by atoms with Crippen LogP contribution < -0.4 is 15.4 Å². The Morgan fingerprint density at radius 1 is 1.24 bits per heavy atom. The molecule has 1 rings (SSSR count). The molecule has 0 saturated carbocycles. The van der Waals surface area contributed by atoms with Gasteiger partial charge in [0.05, 0.1) is 0 Å². The second kappa shape index (κ2) is 5.74. The molecular weight excluding hydrogens is 266 g/mol. The van der Waals surface area contributed by atoms with Crippen molar-refractivity contribution in [1.29, 1.82) is 0 Å². The van der Waals surface area contributed by atoms with Gasteiger partial charge >= 0.3 is 6.03 Å². The molecule has 1 aromatic carbocycles. The van der Waals surface area contributed by atoms with Crippen LogP contribution in [0.15, 0.2) is 24.3 Å². The van der Waals surface area contributed by atoms with Crippen LogP contribution in [-0.2, 0) is 10.0 Å². The summed E-state index contributed by atoms with van der Waals surface area (Å²) in [7, 11) is -2.00. The van der Waals surface area contributed by atoms with Gasteiger partial charge in [0.15, 0.2) is 0 Å². The van der Waals surface area contributed by atoms with E-state index < -0.39 is 15.2 Å². The molecule has 0 radical (unpaired) electrons. The van der Waals surface area contributed by atoms with Gasteiger partial charge in [0.25, 0.3) is 0 Å². The van der Waals surface area contributed by atoms with Crippen molar-refractivity contribution in [3.05, 3.63) is 24.3 Å². The van der Waals surface area contributed by atoms with E-state index in [4.69, 9.17) is 11.6 Å². The Morgan fingerprint density at radius 2 is 1.76 bits per heavy atom. The summed E-state index contributed by atoms with van der Waals surface area (Å²) in [5.41, 5.74) is 0.936. The highest BCUT2D eigenvalue weighted by Crippen LogP contribution is 2.15. The summed E-state index contributed by atoms with van der Waals surface area (Å²) in [5, 5.41) is 4.43. The highest BCUT2D eigenvalue weighted by Gasteiger charge is 2.07. The molecule has 94 valence electrons. The van der Waals surface area contributed by atoms with Gasteiger partial charge in [-0.1, -0.05) is 0 Å². The van der Waals surface area contributed by atoms with Crippen molar-refractivity contribution >= 4 is 39.0 Å². The number of benzene rings is 1. The fraction of sp³-hybridized carbons (Fsp3) is 0.222. The summed E-state index contributed by atoms with van der Waals surface area (Å²) in [4.78, 5) is 11.0. The summed E-state index contributed by atoms with van der Waals surface area (Å²) < 4.78 is 24.6. The molecule has 0 bridgehead atoms. The number of halogens is 1. The molecule has 6 nitrogen and oxygen atoms in total. The summed E-state index contributed by atoms with van der Waals surface area (Å²) in [6.45, 7) is 0. The zero-order valence-electron chi connectivity index (χ0n) is 9.03. The van der Waals surface area contributed by atoms with Gasteiger partial charge in [0, 0.05) is 18.4 Å². The third-order valence-corrected chi connectivity index (χ3v) is 3.48. The molecule has 17 heavy (non-hydrogen) atoms. The average Bonchev–Trinajstić information content (AvgIpc) is 2.31. The lowest BCUT2D eigenvalue weighted by Crippen LogP contribution is -2.24. The van der Waals surface area contributed by atoms with Gasteiger partial charge < -0.3 is 10.6 Å². The Labute approximate surface area is 104 Å². The molecule has 1 aromatic rings. The highest BCUT2D eigenvalue weighted by molar-refractivity contribution is 7.93. The van der Waals surface area contributed by atoms with Crippen molar-refractivity contribution in [2.75, 3.05) is 22.3 Å². The Hall–Kier alpha value is -1.47. The number of amides is 2. The van der Waals surface area contributed by atoms with Crippen LogP contribution in [0.4, 0.5) is 16.2 Å². The van der Waals surface area contributed by atoms with Crippen LogP contribution >= 0.6 is 11.6 Å². The second-order valence-corrected chi connectivity index (χ2v) is 5.41. The standard InChI is InChI=1S/C9H12ClN3O3S/c1-11-9(14)12-7-2-4-8(5-3-7)13-17(15,16)6-10/h2-5,13H,6H2,1H3,(H2,11,12,14). The van der Waals surface area contributed by atoms with Crippen LogP contribution in [0.1, 0.15) is 0 Å². The number of carbonyl (C=O) groups excluding carboxylic acids is 1. The van der Waals surface area contributed by atoms with Crippen LogP contribution in [0.5, 0.6) is 0 Å². The first-order valence-corrected chi connectivity index (χ1v) is 6.81. The largest absolute Gasteiger partial charge is 0.341 e. The monoisotopic (exact) mass is 277 g/mol. The molecule has 8 heteroatoms. The number of hydrogen-bond acceptors (Lipinski definition) is 3. The number of hydrogen-bond donors (Lipinski definition) is 3. The predicted molar refractivity (Wildman–Crippen MR) is 67.8 cm³/mol. The van der Waals surface area contributed by atoms with Gasteiger partial charge in [-0.2, -0.15) is 0 Å². The van der Waals surface area contributed by atoms with Crippen LogP contribution in [-0.4, -0.2) is 26.7 Å². The maximum atomic E-state index is 11.2. The molecular formula is C9H12ClN3O3S. The van der Waals surface area contributed by atoms with Crippen LogP contribution in [0, 0.1) is 0 Å². The fourth-order valence-corrected chi connectivity index (χ4v) is 1.74. The minimum Gasteiger partial charge on any atom is -0.341 e. The Kier molecular flexibility index (Phi) is 4.59. The van der Waals surface area contributed by atoms with Crippen LogP contribution in [0.2, 0.25) is 0 Å². The first kappa shape index (κ1) is 13.6. The maximum Gasteiger partial charge on any atom is 0.318 e. The first-order chi connectivity index (χ1) is 7.96. The number of carbonyl (C=O) groups is 1. The van der Waals surface area contributed by atoms with E-state index in [2.05, 4.69) is 15.4 Å². The van der Waals surface area contributed by atoms with Crippen LogP contribution in [0.25, 0.3) is 0 Å². The molecule has 0 aliphatic rings. The van der Waals surface area contributed by atoms with E-state index in [0.29, 0.717) is 11.4 Å². The van der Waals surface area contributed by atoms with Crippen molar-refractivity contribution in [3.63, 3.8) is 0 Å². The first-order valence-electron chi connectivity index (χ1n) is 4.62. The SMILES string of the molecule is CNC(=O)Nc1ccc(NS(=O)(=O)CCl)cc1. The van der Waals surface area contributed by atoms with E-state index in [1.165, 1.54) is 19.2 Å². The minimum atomic E-state index is -3.50. The number of nitrogens with one attached hydrogen (secondary N) is 3. The van der Waals surface area contributed by atoms with Crippen molar-refractivity contribution in [3.8, 4) is 0 Å². The number of anilines is 2. The Morgan fingerprint density at radius 3 is 2.24 bits per heavy atom. The molecule has 0 aliphatic heterocycles. The second-order valence-electron chi connectivity index (χ2n) is 3.11.